The molecule has 0 aliphatic carbocycles. The lowest BCUT2D eigenvalue weighted by Crippen LogP contribution is -2.19. The lowest BCUT2D eigenvalue weighted by atomic mass is 10.2. The highest BCUT2D eigenvalue weighted by Gasteiger charge is 2.17. The van der Waals surface area contributed by atoms with Crippen LogP contribution in [0.3, 0.4) is 0 Å². The number of rotatable bonds is 4. The molecule has 1 amide bonds. The van der Waals surface area contributed by atoms with Crippen molar-refractivity contribution in [2.75, 3.05) is 5.32 Å². The minimum Gasteiger partial charge on any atom is -0.358 e. The lowest BCUT2D eigenvalue weighted by Gasteiger charge is -2.09. The van der Waals surface area contributed by atoms with Crippen LogP contribution in [0.1, 0.15) is 11.4 Å². The Kier molecular flexibility index (Phi) is 4.23. The number of halogens is 1. The number of carbonyl (C=O) groups is 1. The minimum atomic E-state index is -0.595. The molecule has 0 fully saturated rings. The van der Waals surface area contributed by atoms with Gasteiger partial charge in [0.1, 0.15) is 12.7 Å². The maximum atomic E-state index is 12.0. The quantitative estimate of drug-likeness (QED) is 0.694. The van der Waals surface area contributed by atoms with E-state index in [0.29, 0.717) is 16.5 Å². The number of nitro groups is 1. The van der Waals surface area contributed by atoms with Crippen LogP contribution in [0.2, 0.25) is 5.02 Å². The van der Waals surface area contributed by atoms with Crippen LogP contribution < -0.4 is 5.32 Å². The fourth-order valence-corrected chi connectivity index (χ4v) is 1.99. The van der Waals surface area contributed by atoms with Crippen molar-refractivity contribution in [3.8, 4) is 0 Å². The Hall–Kier alpha value is -2.41. The molecule has 0 bridgehead atoms. The molecule has 0 aliphatic heterocycles. The van der Waals surface area contributed by atoms with E-state index in [2.05, 4.69) is 10.3 Å². The number of carbonyl (C=O) groups excluding carboxylic acids is 1. The molecule has 0 saturated carbocycles. The Balaban J connectivity index is 2.11. The van der Waals surface area contributed by atoms with Crippen LogP contribution in [0.5, 0.6) is 0 Å². The van der Waals surface area contributed by atoms with E-state index in [1.807, 2.05) is 6.92 Å². The van der Waals surface area contributed by atoms with E-state index >= 15 is 0 Å². The first-order valence-electron chi connectivity index (χ1n) is 6.11. The summed E-state index contributed by atoms with van der Waals surface area (Å²) < 4.78 is 1.42. The number of nitrogens with one attached hydrogen (secondary N) is 1. The first-order chi connectivity index (χ1) is 9.86. The summed E-state index contributed by atoms with van der Waals surface area (Å²) in [6, 6.07) is 5.18. The third-order valence-corrected chi connectivity index (χ3v) is 3.17. The molecular weight excluding hydrogens is 296 g/mol. The van der Waals surface area contributed by atoms with Crippen molar-refractivity contribution in [1.29, 1.82) is 0 Å². The lowest BCUT2D eigenvalue weighted by molar-refractivity contribution is -0.389. The van der Waals surface area contributed by atoms with Crippen LogP contribution in [-0.4, -0.2) is 20.4 Å². The zero-order chi connectivity index (χ0) is 15.6. The Morgan fingerprint density at radius 1 is 1.48 bits per heavy atom. The zero-order valence-corrected chi connectivity index (χ0v) is 12.2. The molecule has 7 nitrogen and oxygen atoms in total. The van der Waals surface area contributed by atoms with Gasteiger partial charge in [0, 0.05) is 17.6 Å². The van der Waals surface area contributed by atoms with Gasteiger partial charge < -0.3 is 15.4 Å². The average molecular weight is 309 g/mol. The van der Waals surface area contributed by atoms with E-state index in [0.717, 1.165) is 5.56 Å². The highest BCUT2D eigenvalue weighted by Crippen LogP contribution is 2.20. The summed E-state index contributed by atoms with van der Waals surface area (Å²) in [5.41, 5.74) is 1.49. The molecule has 1 heterocycles. The SMILES string of the molecule is Cc1ccc(Cl)cc1NC(=O)Cn1cc([N+](=O)[O-])nc1C. The summed E-state index contributed by atoms with van der Waals surface area (Å²) in [4.78, 5) is 25.8. The van der Waals surface area contributed by atoms with Crippen LogP contribution in [0.4, 0.5) is 11.5 Å². The number of benzene rings is 1. The summed E-state index contributed by atoms with van der Waals surface area (Å²) >= 11 is 5.88. The Morgan fingerprint density at radius 3 is 2.81 bits per heavy atom. The standard InChI is InChI=1S/C13H13ClN4O3/c1-8-3-4-10(14)5-11(8)16-13(19)7-17-6-12(18(20)21)15-9(17)2/h3-6H,7H2,1-2H3,(H,16,19). The topological polar surface area (TPSA) is 90.1 Å². The van der Waals surface area contributed by atoms with E-state index in [4.69, 9.17) is 11.6 Å². The van der Waals surface area contributed by atoms with Crippen molar-refractivity contribution in [3.63, 3.8) is 0 Å². The van der Waals surface area contributed by atoms with Gasteiger partial charge in [0.05, 0.1) is 0 Å². The second-order valence-electron chi connectivity index (χ2n) is 4.54. The predicted molar refractivity (Wildman–Crippen MR) is 78.4 cm³/mol. The van der Waals surface area contributed by atoms with Crippen molar-refractivity contribution < 1.29 is 9.72 Å². The highest BCUT2D eigenvalue weighted by molar-refractivity contribution is 6.31. The number of anilines is 1. The Bertz CT molecular complexity index is 711. The molecule has 0 spiro atoms. The predicted octanol–water partition coefficient (Wildman–Crippen LogP) is 2.70. The first kappa shape index (κ1) is 15.0. The molecule has 2 aromatic rings. The maximum Gasteiger partial charge on any atom is 0.381 e. The van der Waals surface area contributed by atoms with Crippen molar-refractivity contribution in [3.05, 3.63) is 50.9 Å². The smallest absolute Gasteiger partial charge is 0.358 e. The van der Waals surface area contributed by atoms with Gasteiger partial charge >= 0.3 is 5.82 Å². The molecule has 0 radical (unpaired) electrons. The monoisotopic (exact) mass is 308 g/mol. The molecule has 21 heavy (non-hydrogen) atoms. The number of amides is 1. The van der Waals surface area contributed by atoms with Gasteiger partial charge in [-0.05, 0) is 34.5 Å². The minimum absolute atomic E-state index is 0.0569. The average Bonchev–Trinajstić information content (AvgIpc) is 2.75. The highest BCUT2D eigenvalue weighted by atomic mass is 35.5. The summed E-state index contributed by atoms with van der Waals surface area (Å²) in [5.74, 6) is -0.185. The van der Waals surface area contributed by atoms with Crippen molar-refractivity contribution in [1.82, 2.24) is 9.55 Å². The summed E-state index contributed by atoms with van der Waals surface area (Å²) in [5, 5.41) is 13.9. The first-order valence-corrected chi connectivity index (χ1v) is 6.49. The molecule has 0 aliphatic rings. The molecule has 110 valence electrons. The largest absolute Gasteiger partial charge is 0.381 e. The summed E-state index contributed by atoms with van der Waals surface area (Å²) in [6.45, 7) is 3.39. The van der Waals surface area contributed by atoms with Crippen LogP contribution in [0.15, 0.2) is 24.4 Å². The number of aromatic nitrogens is 2. The summed E-state index contributed by atoms with van der Waals surface area (Å²) in [6.07, 6.45) is 1.24. The van der Waals surface area contributed by atoms with Crippen molar-refractivity contribution in [2.24, 2.45) is 0 Å². The van der Waals surface area contributed by atoms with Crippen molar-refractivity contribution in [2.45, 2.75) is 20.4 Å². The van der Waals surface area contributed by atoms with E-state index in [1.54, 1.807) is 25.1 Å². The van der Waals surface area contributed by atoms with Gasteiger partial charge in [-0.3, -0.25) is 9.36 Å². The molecule has 2 rings (SSSR count). The van der Waals surface area contributed by atoms with Crippen LogP contribution in [-0.2, 0) is 11.3 Å². The van der Waals surface area contributed by atoms with Gasteiger partial charge in [-0.25, -0.2) is 0 Å². The third kappa shape index (κ3) is 3.57. The molecule has 0 unspecified atom stereocenters. The molecular formula is C13H13ClN4O3. The number of aryl methyl sites for hydroxylation is 2. The molecule has 0 atom stereocenters. The molecule has 0 saturated heterocycles. The second-order valence-corrected chi connectivity index (χ2v) is 4.98. The maximum absolute atomic E-state index is 12.0. The third-order valence-electron chi connectivity index (χ3n) is 2.94. The van der Waals surface area contributed by atoms with Gasteiger partial charge in [-0.2, -0.15) is 0 Å². The van der Waals surface area contributed by atoms with E-state index < -0.39 is 4.92 Å². The number of nitrogens with zero attached hydrogens (tertiary/aromatic N) is 3. The number of imidazole rings is 1. The fraction of sp³-hybridized carbons (Fsp3) is 0.231. The van der Waals surface area contributed by atoms with Gasteiger partial charge in [-0.15, -0.1) is 0 Å². The number of hydrogen-bond acceptors (Lipinski definition) is 4. The van der Waals surface area contributed by atoms with Crippen LogP contribution in [0, 0.1) is 24.0 Å². The van der Waals surface area contributed by atoms with E-state index in [1.165, 1.54) is 10.8 Å². The molecule has 1 aromatic carbocycles. The van der Waals surface area contributed by atoms with E-state index in [-0.39, 0.29) is 18.3 Å². The normalized spacial score (nSPS) is 10.4. The van der Waals surface area contributed by atoms with Crippen molar-refractivity contribution >= 4 is 29.0 Å². The zero-order valence-electron chi connectivity index (χ0n) is 11.5. The summed E-state index contributed by atoms with van der Waals surface area (Å²) in [7, 11) is 0. The molecule has 1 aromatic heterocycles. The van der Waals surface area contributed by atoms with E-state index in [9.17, 15) is 14.9 Å². The Morgan fingerprint density at radius 2 is 2.19 bits per heavy atom. The molecule has 8 heteroatoms. The van der Waals surface area contributed by atoms with Gasteiger partial charge in [-0.1, -0.05) is 17.7 Å². The fourth-order valence-electron chi connectivity index (χ4n) is 1.81. The van der Waals surface area contributed by atoms with Gasteiger partial charge in [0.15, 0.2) is 0 Å². The van der Waals surface area contributed by atoms with Gasteiger partial charge in [0.2, 0.25) is 11.7 Å². The second kappa shape index (κ2) is 5.92. The van der Waals surface area contributed by atoms with Crippen LogP contribution in [0.25, 0.3) is 0 Å². The number of hydrogen-bond donors (Lipinski definition) is 1. The van der Waals surface area contributed by atoms with Crippen LogP contribution >= 0.6 is 11.6 Å². The van der Waals surface area contributed by atoms with Gasteiger partial charge in [0.25, 0.3) is 0 Å². The molecule has 1 N–H and O–H groups in total. The Labute approximate surface area is 125 Å².